The molecule has 1 atom stereocenters. The van der Waals surface area contributed by atoms with Gasteiger partial charge in [-0.3, -0.25) is 0 Å². The second-order valence-corrected chi connectivity index (χ2v) is 5.30. The first-order valence-corrected chi connectivity index (χ1v) is 6.41. The van der Waals surface area contributed by atoms with Crippen LogP contribution in [0.1, 0.15) is 18.2 Å². The van der Waals surface area contributed by atoms with E-state index in [1.165, 1.54) is 9.35 Å². The van der Waals surface area contributed by atoms with Crippen molar-refractivity contribution in [3.05, 3.63) is 20.8 Å². The highest BCUT2D eigenvalue weighted by Gasteiger charge is 2.03. The Morgan fingerprint density at radius 3 is 3.00 bits per heavy atom. The lowest BCUT2D eigenvalue weighted by Gasteiger charge is -2.07. The number of halogens is 2. The van der Waals surface area contributed by atoms with Crippen LogP contribution in [0.3, 0.4) is 0 Å². The van der Waals surface area contributed by atoms with Crippen molar-refractivity contribution in [3.8, 4) is 0 Å². The van der Waals surface area contributed by atoms with Gasteiger partial charge in [-0.2, -0.15) is 0 Å². The lowest BCUT2D eigenvalue weighted by Crippen LogP contribution is -2.21. The Hall–Kier alpha value is 0.430. The molecule has 1 nitrogen and oxygen atoms in total. The highest BCUT2D eigenvalue weighted by Crippen LogP contribution is 2.22. The molecule has 1 aromatic heterocycles. The monoisotopic (exact) mass is 281 g/mol. The van der Waals surface area contributed by atoms with Crippen molar-refractivity contribution in [2.75, 3.05) is 6.54 Å². The molecule has 4 heteroatoms. The van der Waals surface area contributed by atoms with E-state index in [2.05, 4.69) is 39.6 Å². The molecule has 0 amide bonds. The van der Waals surface area contributed by atoms with E-state index in [1.54, 1.807) is 11.3 Å². The van der Waals surface area contributed by atoms with Crippen molar-refractivity contribution >= 4 is 38.9 Å². The molecule has 0 aliphatic carbocycles. The maximum Gasteiger partial charge on any atom is 0.0458 e. The third-order valence-corrected chi connectivity index (χ3v) is 4.17. The van der Waals surface area contributed by atoms with Gasteiger partial charge in [-0.15, -0.1) is 22.9 Å². The molecule has 0 bridgehead atoms. The minimum atomic E-state index is 0.249. The zero-order valence-electron chi connectivity index (χ0n) is 7.52. The Labute approximate surface area is 96.6 Å². The zero-order valence-corrected chi connectivity index (χ0v) is 10.7. The Kier molecular flexibility index (Phi) is 5.32. The van der Waals surface area contributed by atoms with Gasteiger partial charge in [0.15, 0.2) is 0 Å². The maximum absolute atomic E-state index is 5.97. The maximum atomic E-state index is 5.97. The van der Waals surface area contributed by atoms with Crippen molar-refractivity contribution in [1.82, 2.24) is 5.32 Å². The molecule has 0 aromatic carbocycles. The zero-order chi connectivity index (χ0) is 9.68. The number of hydrogen-bond donors (Lipinski definition) is 1. The first kappa shape index (κ1) is 11.5. The summed E-state index contributed by atoms with van der Waals surface area (Å²) in [5, 5.41) is 5.66. The molecule has 1 rings (SSSR count). The van der Waals surface area contributed by atoms with Gasteiger partial charge >= 0.3 is 0 Å². The van der Waals surface area contributed by atoms with Gasteiger partial charge in [-0.25, -0.2) is 0 Å². The smallest absolute Gasteiger partial charge is 0.0458 e. The molecule has 1 heterocycles. The van der Waals surface area contributed by atoms with Gasteiger partial charge in [0.25, 0.3) is 0 Å². The van der Waals surface area contributed by atoms with Crippen molar-refractivity contribution in [3.63, 3.8) is 0 Å². The van der Waals surface area contributed by atoms with Gasteiger partial charge in [0.2, 0.25) is 0 Å². The van der Waals surface area contributed by atoms with Crippen LogP contribution >= 0.6 is 38.9 Å². The molecule has 0 fully saturated rings. The number of thiophene rings is 1. The lowest BCUT2D eigenvalue weighted by molar-refractivity contribution is 0.651. The van der Waals surface area contributed by atoms with E-state index in [4.69, 9.17) is 11.6 Å². The third-order valence-electron chi connectivity index (χ3n) is 1.79. The standard InChI is InChI=1S/C9H13BrClNS/c1-2-7(11)5-12-6-9-8(10)3-4-13-9/h3-4,7,12H,2,5-6H2,1H3. The third kappa shape index (κ3) is 3.98. The summed E-state index contributed by atoms with van der Waals surface area (Å²) in [5.41, 5.74) is 0. The van der Waals surface area contributed by atoms with Crippen LogP contribution in [0.15, 0.2) is 15.9 Å². The van der Waals surface area contributed by atoms with Crippen LogP contribution in [0.25, 0.3) is 0 Å². The molecule has 13 heavy (non-hydrogen) atoms. The molecule has 0 aliphatic heterocycles. The summed E-state index contributed by atoms with van der Waals surface area (Å²) in [7, 11) is 0. The van der Waals surface area contributed by atoms with Gasteiger partial charge in [-0.1, -0.05) is 6.92 Å². The van der Waals surface area contributed by atoms with Gasteiger partial charge in [0.1, 0.15) is 0 Å². The predicted molar refractivity (Wildman–Crippen MR) is 63.7 cm³/mol. The van der Waals surface area contributed by atoms with Crippen LogP contribution in [0.2, 0.25) is 0 Å². The van der Waals surface area contributed by atoms with E-state index >= 15 is 0 Å². The summed E-state index contributed by atoms with van der Waals surface area (Å²) in [6.07, 6.45) is 1.01. The first-order valence-electron chi connectivity index (χ1n) is 4.30. The van der Waals surface area contributed by atoms with Crippen LogP contribution in [0, 0.1) is 0 Å². The summed E-state index contributed by atoms with van der Waals surface area (Å²) < 4.78 is 1.19. The fourth-order valence-corrected chi connectivity index (χ4v) is 2.51. The van der Waals surface area contributed by atoms with E-state index in [-0.39, 0.29) is 5.38 Å². The van der Waals surface area contributed by atoms with Crippen molar-refractivity contribution < 1.29 is 0 Å². The van der Waals surface area contributed by atoms with Crippen LogP contribution in [0.4, 0.5) is 0 Å². The molecule has 74 valence electrons. The predicted octanol–water partition coefficient (Wildman–Crippen LogP) is 3.62. The summed E-state index contributed by atoms with van der Waals surface area (Å²) >= 11 is 11.2. The minimum absolute atomic E-state index is 0.249. The average molecular weight is 283 g/mol. The molecule has 0 saturated heterocycles. The van der Waals surface area contributed by atoms with Crippen molar-refractivity contribution in [1.29, 1.82) is 0 Å². The molecule has 0 saturated carbocycles. The summed E-state index contributed by atoms with van der Waals surface area (Å²) in [5.74, 6) is 0. The van der Waals surface area contributed by atoms with Crippen LogP contribution in [-0.4, -0.2) is 11.9 Å². The molecule has 1 unspecified atom stereocenters. The molecule has 0 aliphatic rings. The topological polar surface area (TPSA) is 12.0 Å². The van der Waals surface area contributed by atoms with E-state index in [9.17, 15) is 0 Å². The van der Waals surface area contributed by atoms with Crippen LogP contribution < -0.4 is 5.32 Å². The minimum Gasteiger partial charge on any atom is -0.310 e. The van der Waals surface area contributed by atoms with Gasteiger partial charge in [0, 0.05) is 27.8 Å². The molecule has 1 aromatic rings. The lowest BCUT2D eigenvalue weighted by atomic mass is 10.3. The quantitative estimate of drug-likeness (QED) is 0.814. The van der Waals surface area contributed by atoms with E-state index in [0.29, 0.717) is 0 Å². The highest BCUT2D eigenvalue weighted by atomic mass is 79.9. The van der Waals surface area contributed by atoms with Crippen molar-refractivity contribution in [2.45, 2.75) is 25.3 Å². The summed E-state index contributed by atoms with van der Waals surface area (Å²) in [6.45, 7) is 3.88. The second kappa shape index (κ2) is 6.02. The molecular formula is C9H13BrClNS. The number of alkyl halides is 1. The van der Waals surface area contributed by atoms with Gasteiger partial charge < -0.3 is 5.32 Å². The van der Waals surface area contributed by atoms with E-state index in [0.717, 1.165) is 19.5 Å². The molecule has 0 radical (unpaired) electrons. The number of rotatable bonds is 5. The Bertz CT molecular complexity index is 252. The Morgan fingerprint density at radius 2 is 2.46 bits per heavy atom. The first-order chi connectivity index (χ1) is 6.24. The number of hydrogen-bond acceptors (Lipinski definition) is 2. The largest absolute Gasteiger partial charge is 0.310 e. The van der Waals surface area contributed by atoms with E-state index in [1.807, 2.05) is 0 Å². The SMILES string of the molecule is CCC(Cl)CNCc1sccc1Br. The fraction of sp³-hybridized carbons (Fsp3) is 0.556. The summed E-state index contributed by atoms with van der Waals surface area (Å²) in [4.78, 5) is 1.33. The fourth-order valence-electron chi connectivity index (χ4n) is 0.938. The molecule has 1 N–H and O–H groups in total. The normalized spacial score (nSPS) is 13.2. The number of nitrogens with one attached hydrogen (secondary N) is 1. The van der Waals surface area contributed by atoms with Crippen LogP contribution in [0.5, 0.6) is 0 Å². The second-order valence-electron chi connectivity index (χ2n) is 2.83. The van der Waals surface area contributed by atoms with Crippen LogP contribution in [-0.2, 0) is 6.54 Å². The molecule has 0 spiro atoms. The van der Waals surface area contributed by atoms with Gasteiger partial charge in [-0.05, 0) is 33.8 Å². The summed E-state index contributed by atoms with van der Waals surface area (Å²) in [6, 6.07) is 2.07. The molecular weight excluding hydrogens is 270 g/mol. The Balaban J connectivity index is 2.24. The van der Waals surface area contributed by atoms with E-state index < -0.39 is 0 Å². The average Bonchev–Trinajstić information content (AvgIpc) is 2.52. The highest BCUT2D eigenvalue weighted by molar-refractivity contribution is 9.10. The Morgan fingerprint density at radius 1 is 1.69 bits per heavy atom. The van der Waals surface area contributed by atoms with Gasteiger partial charge in [0.05, 0.1) is 0 Å². The van der Waals surface area contributed by atoms with Crippen molar-refractivity contribution in [2.24, 2.45) is 0 Å².